The van der Waals surface area contributed by atoms with E-state index in [9.17, 15) is 4.79 Å². The highest BCUT2D eigenvalue weighted by molar-refractivity contribution is 5.77. The van der Waals surface area contributed by atoms with E-state index in [0.717, 1.165) is 25.8 Å². The minimum absolute atomic E-state index is 0.121. The monoisotopic (exact) mass is 240 g/mol. The van der Waals surface area contributed by atoms with Crippen LogP contribution in [0, 0.1) is 5.41 Å². The number of carbonyl (C=O) groups excluding carboxylic acids is 1. The highest BCUT2D eigenvalue weighted by Gasteiger charge is 2.30. The van der Waals surface area contributed by atoms with Gasteiger partial charge in [0.2, 0.25) is 5.91 Å². The predicted molar refractivity (Wildman–Crippen MR) is 71.7 cm³/mol. The minimum Gasteiger partial charge on any atom is -0.356 e. The molecule has 0 aromatic carbocycles. The molecule has 3 N–H and O–H groups in total. The topological polar surface area (TPSA) is 55.1 Å². The Morgan fingerprint density at radius 1 is 1.29 bits per heavy atom. The molecule has 0 heterocycles. The van der Waals surface area contributed by atoms with Gasteiger partial charge in [0.05, 0.1) is 0 Å². The molecule has 0 unspecified atom stereocenters. The molecule has 1 aliphatic carbocycles. The molecule has 0 aromatic heterocycles. The van der Waals surface area contributed by atoms with Crippen LogP contribution in [0.15, 0.2) is 0 Å². The Morgan fingerprint density at radius 2 is 1.88 bits per heavy atom. The molecule has 1 amide bonds. The van der Waals surface area contributed by atoms with Gasteiger partial charge in [0.15, 0.2) is 0 Å². The Balaban J connectivity index is 2.33. The largest absolute Gasteiger partial charge is 0.356 e. The molecule has 1 fully saturated rings. The van der Waals surface area contributed by atoms with Gasteiger partial charge in [-0.2, -0.15) is 0 Å². The van der Waals surface area contributed by atoms with Crippen molar-refractivity contribution in [2.45, 2.75) is 71.3 Å². The zero-order chi connectivity index (χ0) is 12.9. The van der Waals surface area contributed by atoms with Crippen molar-refractivity contribution in [2.24, 2.45) is 11.1 Å². The van der Waals surface area contributed by atoms with E-state index in [1.54, 1.807) is 0 Å². The lowest BCUT2D eigenvalue weighted by atomic mass is 9.80. The summed E-state index contributed by atoms with van der Waals surface area (Å²) < 4.78 is 0. The molecular formula is C14H28N2O. The number of rotatable bonds is 5. The van der Waals surface area contributed by atoms with Crippen LogP contribution in [0.3, 0.4) is 0 Å². The van der Waals surface area contributed by atoms with Crippen molar-refractivity contribution in [3.8, 4) is 0 Å². The second-order valence-corrected chi connectivity index (χ2v) is 6.39. The summed E-state index contributed by atoms with van der Waals surface area (Å²) >= 11 is 0. The van der Waals surface area contributed by atoms with Crippen molar-refractivity contribution in [3.05, 3.63) is 0 Å². The van der Waals surface area contributed by atoms with Crippen molar-refractivity contribution < 1.29 is 4.79 Å². The van der Waals surface area contributed by atoms with Gasteiger partial charge in [-0.25, -0.2) is 0 Å². The predicted octanol–water partition coefficient (Wildman–Crippen LogP) is 2.59. The third-order valence-electron chi connectivity index (χ3n) is 4.08. The van der Waals surface area contributed by atoms with Crippen molar-refractivity contribution in [1.29, 1.82) is 0 Å². The van der Waals surface area contributed by atoms with E-state index in [1.807, 2.05) is 0 Å². The van der Waals surface area contributed by atoms with Crippen molar-refractivity contribution in [3.63, 3.8) is 0 Å². The molecule has 0 aliphatic heterocycles. The molecule has 1 saturated carbocycles. The quantitative estimate of drug-likeness (QED) is 0.776. The fraction of sp³-hybridized carbons (Fsp3) is 0.929. The number of nitrogens with one attached hydrogen (secondary N) is 1. The molecule has 0 bridgehead atoms. The van der Waals surface area contributed by atoms with E-state index in [0.29, 0.717) is 6.42 Å². The number of nitrogens with two attached hydrogens (primary N) is 1. The van der Waals surface area contributed by atoms with Crippen LogP contribution in [-0.4, -0.2) is 18.0 Å². The summed E-state index contributed by atoms with van der Waals surface area (Å²) in [6.07, 6.45) is 7.17. The molecule has 0 saturated heterocycles. The molecule has 1 rings (SSSR count). The standard InChI is InChI=1S/C14H28N2O/c1-4-13(2,3)11-16-12(17)10-14(15)8-6-5-7-9-14/h4-11,15H2,1-3H3,(H,16,17). The zero-order valence-corrected chi connectivity index (χ0v) is 11.6. The first kappa shape index (κ1) is 14.5. The summed E-state index contributed by atoms with van der Waals surface area (Å²) in [6.45, 7) is 7.24. The molecule has 1 aliphatic rings. The summed E-state index contributed by atoms with van der Waals surface area (Å²) in [4.78, 5) is 11.9. The van der Waals surface area contributed by atoms with Crippen LogP contribution in [0.4, 0.5) is 0 Å². The van der Waals surface area contributed by atoms with E-state index in [4.69, 9.17) is 5.73 Å². The number of amides is 1. The average molecular weight is 240 g/mol. The van der Waals surface area contributed by atoms with Crippen molar-refractivity contribution in [1.82, 2.24) is 5.32 Å². The molecule has 0 atom stereocenters. The summed E-state index contributed by atoms with van der Waals surface area (Å²) in [7, 11) is 0. The number of hydrogen-bond donors (Lipinski definition) is 2. The van der Waals surface area contributed by atoms with Crippen LogP contribution < -0.4 is 11.1 Å². The summed E-state index contributed by atoms with van der Waals surface area (Å²) in [5.41, 5.74) is 6.22. The first-order valence-electron chi connectivity index (χ1n) is 6.92. The van der Waals surface area contributed by atoms with Crippen molar-refractivity contribution in [2.75, 3.05) is 6.54 Å². The summed E-state index contributed by atoms with van der Waals surface area (Å²) in [6, 6.07) is 0. The van der Waals surface area contributed by atoms with Crippen LogP contribution in [0.1, 0.15) is 65.7 Å². The number of carbonyl (C=O) groups is 1. The first-order chi connectivity index (χ1) is 7.87. The molecule has 0 aromatic rings. The maximum Gasteiger partial charge on any atom is 0.221 e. The zero-order valence-electron chi connectivity index (χ0n) is 11.6. The fourth-order valence-corrected chi connectivity index (χ4v) is 2.28. The van der Waals surface area contributed by atoms with Gasteiger partial charge in [-0.1, -0.05) is 40.0 Å². The van der Waals surface area contributed by atoms with Crippen molar-refractivity contribution >= 4 is 5.91 Å². The Hall–Kier alpha value is -0.570. The van der Waals surface area contributed by atoms with E-state index in [-0.39, 0.29) is 16.9 Å². The average Bonchev–Trinajstić information content (AvgIpc) is 2.27. The second kappa shape index (κ2) is 5.85. The smallest absolute Gasteiger partial charge is 0.221 e. The second-order valence-electron chi connectivity index (χ2n) is 6.39. The lowest BCUT2D eigenvalue weighted by Crippen LogP contribution is -2.47. The van der Waals surface area contributed by atoms with Gasteiger partial charge in [-0.05, 0) is 24.7 Å². The fourth-order valence-electron chi connectivity index (χ4n) is 2.28. The van der Waals surface area contributed by atoms with Gasteiger partial charge in [-0.3, -0.25) is 4.79 Å². The Kier molecular flexibility index (Phi) is 4.99. The highest BCUT2D eigenvalue weighted by Crippen LogP contribution is 2.28. The van der Waals surface area contributed by atoms with Crippen LogP contribution in [0.5, 0.6) is 0 Å². The van der Waals surface area contributed by atoms with E-state index in [2.05, 4.69) is 26.1 Å². The van der Waals surface area contributed by atoms with Gasteiger partial charge in [0, 0.05) is 18.5 Å². The Labute approximate surface area is 106 Å². The normalized spacial score (nSPS) is 20.0. The summed E-state index contributed by atoms with van der Waals surface area (Å²) in [5, 5.41) is 3.03. The first-order valence-corrected chi connectivity index (χ1v) is 6.92. The number of hydrogen-bond acceptors (Lipinski definition) is 2. The highest BCUT2D eigenvalue weighted by atomic mass is 16.1. The molecule has 0 radical (unpaired) electrons. The minimum atomic E-state index is -0.237. The van der Waals surface area contributed by atoms with Gasteiger partial charge < -0.3 is 11.1 Å². The SMILES string of the molecule is CCC(C)(C)CNC(=O)CC1(N)CCCCC1. The molecule has 100 valence electrons. The third-order valence-corrected chi connectivity index (χ3v) is 4.08. The maximum atomic E-state index is 11.9. The van der Waals surface area contributed by atoms with Gasteiger partial charge in [0.25, 0.3) is 0 Å². The van der Waals surface area contributed by atoms with Crippen LogP contribution in [0.25, 0.3) is 0 Å². The third kappa shape index (κ3) is 5.07. The van der Waals surface area contributed by atoms with E-state index >= 15 is 0 Å². The van der Waals surface area contributed by atoms with E-state index < -0.39 is 0 Å². The van der Waals surface area contributed by atoms with Gasteiger partial charge in [0.1, 0.15) is 0 Å². The van der Waals surface area contributed by atoms with Gasteiger partial charge >= 0.3 is 0 Å². The maximum absolute atomic E-state index is 11.9. The lowest BCUT2D eigenvalue weighted by molar-refractivity contribution is -0.123. The van der Waals surface area contributed by atoms with Gasteiger partial charge in [-0.15, -0.1) is 0 Å². The van der Waals surface area contributed by atoms with Crippen LogP contribution >= 0.6 is 0 Å². The van der Waals surface area contributed by atoms with E-state index in [1.165, 1.54) is 19.3 Å². The van der Waals surface area contributed by atoms with Crippen LogP contribution in [0.2, 0.25) is 0 Å². The Morgan fingerprint density at radius 3 is 2.41 bits per heavy atom. The Bertz CT molecular complexity index is 255. The molecule has 3 nitrogen and oxygen atoms in total. The molecule has 17 heavy (non-hydrogen) atoms. The molecule has 3 heteroatoms. The molecular weight excluding hydrogens is 212 g/mol. The summed E-state index contributed by atoms with van der Waals surface area (Å²) in [5.74, 6) is 0.121. The molecule has 0 spiro atoms. The van der Waals surface area contributed by atoms with Crippen LogP contribution in [-0.2, 0) is 4.79 Å². The lowest BCUT2D eigenvalue weighted by Gasteiger charge is -2.33.